The Morgan fingerprint density at radius 3 is 2.79 bits per heavy atom. The Kier molecular flexibility index (Phi) is 1.58. The molecule has 3 heteroatoms. The van der Waals surface area contributed by atoms with Crippen molar-refractivity contribution in [3.05, 3.63) is 23.8 Å². The molecule has 2 nitrogen and oxygen atoms in total. The van der Waals surface area contributed by atoms with Crippen molar-refractivity contribution in [1.82, 2.24) is 4.98 Å². The van der Waals surface area contributed by atoms with E-state index in [0.29, 0.717) is 5.56 Å². The van der Waals surface area contributed by atoms with Gasteiger partial charge >= 0.3 is 0 Å². The maximum atomic E-state index is 12.9. The smallest absolute Gasteiger partial charge is 0.215 e. The molecule has 1 aromatic rings. The van der Waals surface area contributed by atoms with Gasteiger partial charge in [-0.2, -0.15) is 4.39 Å². The van der Waals surface area contributed by atoms with E-state index in [-0.39, 0.29) is 5.95 Å². The molecule has 2 atom stereocenters. The Labute approximate surface area is 82.8 Å². The Balaban J connectivity index is 1.86. The van der Waals surface area contributed by atoms with Gasteiger partial charge in [0.1, 0.15) is 0 Å². The number of hydrogen-bond acceptors (Lipinski definition) is 2. The van der Waals surface area contributed by atoms with Crippen molar-refractivity contribution in [2.45, 2.75) is 13.3 Å². The Morgan fingerprint density at radius 1 is 1.43 bits per heavy atom. The summed E-state index contributed by atoms with van der Waals surface area (Å²) in [5, 5.41) is 0. The zero-order valence-corrected chi connectivity index (χ0v) is 8.20. The molecule has 0 amide bonds. The third kappa shape index (κ3) is 1.19. The summed E-state index contributed by atoms with van der Waals surface area (Å²) in [7, 11) is 0. The molecule has 2 aliphatic rings. The van der Waals surface area contributed by atoms with Gasteiger partial charge < -0.3 is 4.90 Å². The van der Waals surface area contributed by atoms with E-state index in [4.69, 9.17) is 0 Å². The number of aromatic nitrogens is 1. The number of hydrogen-bond donors (Lipinski definition) is 0. The number of anilines is 1. The van der Waals surface area contributed by atoms with Crippen molar-refractivity contribution in [1.29, 1.82) is 0 Å². The van der Waals surface area contributed by atoms with Crippen LogP contribution in [0.3, 0.4) is 0 Å². The van der Waals surface area contributed by atoms with Gasteiger partial charge in [0, 0.05) is 18.7 Å². The number of fused-ring (bicyclic) bond motifs is 1. The summed E-state index contributed by atoms with van der Waals surface area (Å²) in [4.78, 5) is 6.07. The van der Waals surface area contributed by atoms with Crippen LogP contribution in [-0.2, 0) is 0 Å². The van der Waals surface area contributed by atoms with Gasteiger partial charge in [-0.15, -0.1) is 0 Å². The molecule has 0 radical (unpaired) electrons. The van der Waals surface area contributed by atoms with E-state index in [1.54, 1.807) is 13.1 Å². The van der Waals surface area contributed by atoms with Gasteiger partial charge in [0.25, 0.3) is 0 Å². The molecule has 2 fully saturated rings. The molecule has 1 aliphatic carbocycles. The molecule has 0 aromatic carbocycles. The topological polar surface area (TPSA) is 16.1 Å². The number of piperidine rings is 1. The third-order valence-electron chi connectivity index (χ3n) is 3.34. The van der Waals surface area contributed by atoms with Crippen LogP contribution in [0.1, 0.15) is 12.0 Å². The fourth-order valence-electron chi connectivity index (χ4n) is 2.33. The molecule has 3 rings (SSSR count). The van der Waals surface area contributed by atoms with Gasteiger partial charge in [-0.3, -0.25) is 0 Å². The van der Waals surface area contributed by atoms with E-state index >= 15 is 0 Å². The zero-order valence-electron chi connectivity index (χ0n) is 8.20. The van der Waals surface area contributed by atoms with Gasteiger partial charge in [0.05, 0.1) is 11.9 Å². The molecular formula is C11H13FN2. The van der Waals surface area contributed by atoms with Gasteiger partial charge in [0.2, 0.25) is 5.95 Å². The summed E-state index contributed by atoms with van der Waals surface area (Å²) in [6.45, 7) is 4.04. The summed E-state index contributed by atoms with van der Waals surface area (Å²) >= 11 is 0. The Morgan fingerprint density at radius 2 is 2.14 bits per heavy atom. The Bertz CT molecular complexity index is 368. The van der Waals surface area contributed by atoms with E-state index in [1.807, 2.05) is 6.07 Å². The second kappa shape index (κ2) is 2.69. The lowest BCUT2D eigenvalue weighted by Gasteiger charge is -2.20. The first kappa shape index (κ1) is 8.21. The Hall–Kier alpha value is -1.12. The standard InChI is InChI=1S/C11H13FN2/c1-7-2-10(4-13-11(7)12)14-5-8-3-9(8)6-14/h2,4,8-9H,3,5-6H2,1H3. The summed E-state index contributed by atoms with van der Waals surface area (Å²) in [5.74, 6) is 1.46. The first-order valence-corrected chi connectivity index (χ1v) is 5.11. The monoisotopic (exact) mass is 192 g/mol. The zero-order chi connectivity index (χ0) is 9.71. The minimum atomic E-state index is -0.349. The molecule has 74 valence electrons. The molecule has 1 aliphatic heterocycles. The first-order chi connectivity index (χ1) is 6.74. The second-order valence-corrected chi connectivity index (χ2v) is 4.46. The minimum absolute atomic E-state index is 0.349. The largest absolute Gasteiger partial charge is 0.370 e. The number of pyridine rings is 1. The lowest BCUT2D eigenvalue weighted by molar-refractivity contribution is 0.574. The molecule has 1 saturated heterocycles. The average molecular weight is 192 g/mol. The molecule has 0 spiro atoms. The predicted molar refractivity (Wildman–Crippen MR) is 52.7 cm³/mol. The van der Waals surface area contributed by atoms with Crippen LogP contribution < -0.4 is 4.90 Å². The van der Waals surface area contributed by atoms with Gasteiger partial charge in [-0.1, -0.05) is 0 Å². The lowest BCUT2D eigenvalue weighted by Crippen LogP contribution is -2.22. The maximum absolute atomic E-state index is 12.9. The van der Waals surface area contributed by atoms with Gasteiger partial charge in [0.15, 0.2) is 0 Å². The number of rotatable bonds is 1. The first-order valence-electron chi connectivity index (χ1n) is 5.11. The molecule has 14 heavy (non-hydrogen) atoms. The van der Waals surface area contributed by atoms with Crippen LogP contribution in [0.2, 0.25) is 0 Å². The van der Waals surface area contributed by atoms with E-state index in [1.165, 1.54) is 6.42 Å². The molecular weight excluding hydrogens is 179 g/mol. The highest BCUT2D eigenvalue weighted by atomic mass is 19.1. The fraction of sp³-hybridized carbons (Fsp3) is 0.545. The van der Waals surface area contributed by atoms with Crippen LogP contribution in [-0.4, -0.2) is 18.1 Å². The van der Waals surface area contributed by atoms with Crippen molar-refractivity contribution in [2.24, 2.45) is 11.8 Å². The molecule has 0 bridgehead atoms. The molecule has 1 saturated carbocycles. The van der Waals surface area contributed by atoms with Crippen molar-refractivity contribution >= 4 is 5.69 Å². The van der Waals surface area contributed by atoms with Crippen molar-refractivity contribution in [3.63, 3.8) is 0 Å². The van der Waals surface area contributed by atoms with E-state index < -0.39 is 0 Å². The molecule has 1 aromatic heterocycles. The maximum Gasteiger partial charge on any atom is 0.215 e. The number of halogens is 1. The predicted octanol–water partition coefficient (Wildman–Crippen LogP) is 1.99. The number of aryl methyl sites for hydroxylation is 1. The molecule has 0 N–H and O–H groups in total. The van der Waals surface area contributed by atoms with Gasteiger partial charge in [-0.05, 0) is 31.2 Å². The fourth-order valence-corrected chi connectivity index (χ4v) is 2.33. The quantitative estimate of drug-likeness (QED) is 0.632. The van der Waals surface area contributed by atoms with E-state index in [9.17, 15) is 4.39 Å². The van der Waals surface area contributed by atoms with Crippen LogP contribution in [0.25, 0.3) is 0 Å². The third-order valence-corrected chi connectivity index (χ3v) is 3.34. The average Bonchev–Trinajstić information content (AvgIpc) is 2.78. The summed E-state index contributed by atoms with van der Waals surface area (Å²) < 4.78 is 12.9. The molecule has 2 heterocycles. The summed E-state index contributed by atoms with van der Waals surface area (Å²) in [6, 6.07) is 1.90. The highest BCUT2D eigenvalue weighted by Gasteiger charge is 2.45. The summed E-state index contributed by atoms with van der Waals surface area (Å²) in [6.07, 6.45) is 3.04. The highest BCUT2D eigenvalue weighted by Crippen LogP contribution is 2.46. The van der Waals surface area contributed by atoms with Crippen molar-refractivity contribution in [3.8, 4) is 0 Å². The van der Waals surface area contributed by atoms with Crippen LogP contribution >= 0.6 is 0 Å². The van der Waals surface area contributed by atoms with Crippen LogP contribution in [0, 0.1) is 24.7 Å². The van der Waals surface area contributed by atoms with E-state index in [0.717, 1.165) is 30.6 Å². The SMILES string of the molecule is Cc1cc(N2CC3CC3C2)cnc1F. The minimum Gasteiger partial charge on any atom is -0.370 e. The molecule has 2 unspecified atom stereocenters. The summed E-state index contributed by atoms with van der Waals surface area (Å²) in [5.41, 5.74) is 1.72. The number of nitrogens with zero attached hydrogens (tertiary/aromatic N) is 2. The van der Waals surface area contributed by atoms with Crippen molar-refractivity contribution in [2.75, 3.05) is 18.0 Å². The normalized spacial score (nSPS) is 29.1. The highest BCUT2D eigenvalue weighted by molar-refractivity contribution is 5.48. The van der Waals surface area contributed by atoms with Gasteiger partial charge in [-0.25, -0.2) is 4.98 Å². The van der Waals surface area contributed by atoms with Crippen LogP contribution in [0.15, 0.2) is 12.3 Å². The second-order valence-electron chi connectivity index (χ2n) is 4.46. The van der Waals surface area contributed by atoms with E-state index in [2.05, 4.69) is 9.88 Å². The lowest BCUT2D eigenvalue weighted by atomic mass is 10.2. The van der Waals surface area contributed by atoms with Crippen LogP contribution in [0.4, 0.5) is 10.1 Å². The van der Waals surface area contributed by atoms with Crippen molar-refractivity contribution < 1.29 is 4.39 Å². The van der Waals surface area contributed by atoms with Crippen LogP contribution in [0.5, 0.6) is 0 Å².